The van der Waals surface area contributed by atoms with Crippen LogP contribution in [0.1, 0.15) is 18.5 Å². The largest absolute Gasteiger partial charge is 0.497 e. The zero-order valence-electron chi connectivity index (χ0n) is 16.3. The van der Waals surface area contributed by atoms with Crippen molar-refractivity contribution in [3.63, 3.8) is 0 Å². The topological polar surface area (TPSA) is 68.6 Å². The minimum atomic E-state index is -0.0255. The molecule has 146 valence electrons. The first-order valence-electron chi connectivity index (χ1n) is 9.33. The summed E-state index contributed by atoms with van der Waals surface area (Å²) >= 11 is 0. The molecule has 1 N–H and O–H groups in total. The van der Waals surface area contributed by atoms with E-state index < -0.39 is 0 Å². The molecule has 2 aromatic rings. The number of rotatable bonds is 7. The number of carbonyl (C=O) groups excluding carboxylic acids is 1. The van der Waals surface area contributed by atoms with Crippen LogP contribution < -0.4 is 14.8 Å². The van der Waals surface area contributed by atoms with Gasteiger partial charge >= 0.3 is 0 Å². The van der Waals surface area contributed by atoms with Crippen LogP contribution in [0.25, 0.3) is 0 Å². The van der Waals surface area contributed by atoms with Crippen LogP contribution in [0.2, 0.25) is 0 Å². The lowest BCUT2D eigenvalue weighted by atomic mass is 9.99. The number of nitrogens with one attached hydrogen (secondary N) is 1. The second-order valence-corrected chi connectivity index (χ2v) is 7.08. The normalized spacial score (nSPS) is 17.5. The highest BCUT2D eigenvalue weighted by molar-refractivity contribution is 5.91. The average molecular weight is 372 g/mol. The highest BCUT2D eigenvalue weighted by Gasteiger charge is 2.22. The van der Waals surface area contributed by atoms with Crippen molar-refractivity contribution < 1.29 is 14.3 Å². The third-order valence-electron chi connectivity index (χ3n) is 4.88. The van der Waals surface area contributed by atoms with E-state index >= 15 is 0 Å². The van der Waals surface area contributed by atoms with Gasteiger partial charge in [-0.1, -0.05) is 6.07 Å². The molecule has 1 amide bonds. The number of hydrogen-bond acceptors (Lipinski definition) is 5. The predicted molar refractivity (Wildman–Crippen MR) is 104 cm³/mol. The Morgan fingerprint density at radius 1 is 1.33 bits per heavy atom. The van der Waals surface area contributed by atoms with Crippen molar-refractivity contribution in [1.82, 2.24) is 14.7 Å². The summed E-state index contributed by atoms with van der Waals surface area (Å²) in [5.74, 6) is 2.60. The van der Waals surface area contributed by atoms with E-state index in [0.717, 1.165) is 43.1 Å². The van der Waals surface area contributed by atoms with Crippen molar-refractivity contribution in [1.29, 1.82) is 0 Å². The summed E-state index contributed by atoms with van der Waals surface area (Å²) in [6.45, 7) is 4.78. The molecule has 1 aliphatic rings. The number of carbonyl (C=O) groups is 1. The minimum absolute atomic E-state index is 0.0255. The lowest BCUT2D eigenvalue weighted by Crippen LogP contribution is -2.42. The molecule has 1 saturated heterocycles. The minimum Gasteiger partial charge on any atom is -0.497 e. The third-order valence-corrected chi connectivity index (χ3v) is 4.88. The van der Waals surface area contributed by atoms with Gasteiger partial charge in [-0.15, -0.1) is 0 Å². The Bertz CT molecular complexity index is 755. The first kappa shape index (κ1) is 19.2. The van der Waals surface area contributed by atoms with Crippen LogP contribution in [-0.2, 0) is 11.8 Å². The molecule has 7 nitrogen and oxygen atoms in total. The Balaban J connectivity index is 1.46. The monoisotopic (exact) mass is 372 g/mol. The number of benzene rings is 1. The van der Waals surface area contributed by atoms with Gasteiger partial charge in [0, 0.05) is 37.3 Å². The fourth-order valence-electron chi connectivity index (χ4n) is 3.34. The van der Waals surface area contributed by atoms with Crippen molar-refractivity contribution >= 4 is 11.7 Å². The first-order chi connectivity index (χ1) is 13.0. The molecule has 3 rings (SSSR count). The molecule has 0 radical (unpaired) electrons. The van der Waals surface area contributed by atoms with Crippen LogP contribution in [0, 0.1) is 12.8 Å². The lowest BCUT2D eigenvalue weighted by molar-refractivity contribution is -0.117. The summed E-state index contributed by atoms with van der Waals surface area (Å²) in [5, 5.41) is 7.15. The molecule has 2 heterocycles. The number of hydrogen-bond donors (Lipinski definition) is 1. The molecule has 7 heteroatoms. The maximum Gasteiger partial charge on any atom is 0.239 e. The number of nitrogens with zero attached hydrogens (tertiary/aromatic N) is 3. The van der Waals surface area contributed by atoms with Crippen molar-refractivity contribution in [2.75, 3.05) is 38.7 Å². The van der Waals surface area contributed by atoms with Crippen LogP contribution in [0.5, 0.6) is 11.5 Å². The van der Waals surface area contributed by atoms with Crippen LogP contribution in [0.3, 0.4) is 0 Å². The SMILES string of the molecule is COc1cccc(OCC2CCCN(CC(=O)Nc3cc(C)n(C)n3)C2)c1. The molecule has 27 heavy (non-hydrogen) atoms. The molecule has 1 aromatic heterocycles. The lowest BCUT2D eigenvalue weighted by Gasteiger charge is -2.32. The van der Waals surface area contributed by atoms with Crippen LogP contribution in [0.15, 0.2) is 30.3 Å². The molecule has 1 atom stereocenters. The van der Waals surface area contributed by atoms with Gasteiger partial charge in [-0.05, 0) is 38.4 Å². The van der Waals surface area contributed by atoms with Gasteiger partial charge in [0.1, 0.15) is 11.5 Å². The van der Waals surface area contributed by atoms with E-state index in [1.807, 2.05) is 44.3 Å². The van der Waals surface area contributed by atoms with E-state index in [1.54, 1.807) is 11.8 Å². The molecule has 1 aromatic carbocycles. The molecule has 0 aliphatic carbocycles. The quantitative estimate of drug-likeness (QED) is 0.809. The van der Waals surface area contributed by atoms with Crippen molar-refractivity contribution in [3.05, 3.63) is 36.0 Å². The number of aryl methyl sites for hydroxylation is 2. The zero-order chi connectivity index (χ0) is 19.2. The Morgan fingerprint density at radius 3 is 2.89 bits per heavy atom. The number of ether oxygens (including phenoxy) is 2. The summed E-state index contributed by atoms with van der Waals surface area (Å²) in [6, 6.07) is 9.52. The van der Waals surface area contributed by atoms with E-state index in [0.29, 0.717) is 24.9 Å². The fourth-order valence-corrected chi connectivity index (χ4v) is 3.34. The summed E-state index contributed by atoms with van der Waals surface area (Å²) in [5.41, 5.74) is 1.01. The maximum absolute atomic E-state index is 12.3. The van der Waals surface area contributed by atoms with Crippen LogP contribution >= 0.6 is 0 Å². The maximum atomic E-state index is 12.3. The number of amides is 1. The number of aromatic nitrogens is 2. The molecule has 1 unspecified atom stereocenters. The van der Waals surface area contributed by atoms with Gasteiger partial charge in [0.05, 0.1) is 20.3 Å². The van der Waals surface area contributed by atoms with Gasteiger partial charge in [0.25, 0.3) is 0 Å². The highest BCUT2D eigenvalue weighted by Crippen LogP contribution is 2.22. The first-order valence-corrected chi connectivity index (χ1v) is 9.33. The van der Waals surface area contributed by atoms with Crippen molar-refractivity contribution in [2.24, 2.45) is 13.0 Å². The van der Waals surface area contributed by atoms with Crippen molar-refractivity contribution in [2.45, 2.75) is 19.8 Å². The van der Waals surface area contributed by atoms with E-state index in [4.69, 9.17) is 9.47 Å². The summed E-state index contributed by atoms with van der Waals surface area (Å²) in [7, 11) is 3.51. The second-order valence-electron chi connectivity index (χ2n) is 7.08. The standard InChI is InChI=1S/C20H28N4O3/c1-15-10-19(22-23(15)2)21-20(25)13-24-9-5-6-16(12-24)14-27-18-8-4-7-17(11-18)26-3/h4,7-8,10-11,16H,5-6,9,12-14H2,1-3H3,(H,21,22,25). The zero-order valence-corrected chi connectivity index (χ0v) is 16.3. The van der Waals surface area contributed by atoms with E-state index in [9.17, 15) is 4.79 Å². The summed E-state index contributed by atoms with van der Waals surface area (Å²) in [4.78, 5) is 14.5. The average Bonchev–Trinajstić information content (AvgIpc) is 2.97. The third kappa shape index (κ3) is 5.47. The van der Waals surface area contributed by atoms with Gasteiger partial charge < -0.3 is 14.8 Å². The number of piperidine rings is 1. The Morgan fingerprint density at radius 2 is 2.15 bits per heavy atom. The number of methoxy groups -OCH3 is 1. The van der Waals surface area contributed by atoms with Gasteiger partial charge in [0.2, 0.25) is 5.91 Å². The Labute approximate surface area is 160 Å². The number of anilines is 1. The van der Waals surface area contributed by atoms with E-state index in [1.165, 1.54) is 0 Å². The summed E-state index contributed by atoms with van der Waals surface area (Å²) < 4.78 is 12.9. The number of likely N-dealkylation sites (tertiary alicyclic amines) is 1. The molecule has 1 fully saturated rings. The molecule has 0 bridgehead atoms. The molecular weight excluding hydrogens is 344 g/mol. The van der Waals surface area contributed by atoms with Gasteiger partial charge in [-0.25, -0.2) is 0 Å². The van der Waals surface area contributed by atoms with E-state index in [-0.39, 0.29) is 5.91 Å². The van der Waals surface area contributed by atoms with E-state index in [2.05, 4.69) is 15.3 Å². The Kier molecular flexibility index (Phi) is 6.34. The fraction of sp³-hybridized carbons (Fsp3) is 0.500. The van der Waals surface area contributed by atoms with Crippen LogP contribution in [-0.4, -0.2) is 53.9 Å². The molecule has 1 aliphatic heterocycles. The van der Waals surface area contributed by atoms with Crippen molar-refractivity contribution in [3.8, 4) is 11.5 Å². The summed E-state index contributed by atoms with van der Waals surface area (Å²) in [6.07, 6.45) is 2.18. The van der Waals surface area contributed by atoms with Gasteiger partial charge in [0.15, 0.2) is 5.82 Å². The smallest absolute Gasteiger partial charge is 0.239 e. The van der Waals surface area contributed by atoms with Crippen LogP contribution in [0.4, 0.5) is 5.82 Å². The molecule has 0 saturated carbocycles. The second kappa shape index (κ2) is 8.90. The molecular formula is C20H28N4O3. The Hall–Kier alpha value is -2.54. The van der Waals surface area contributed by atoms with Gasteiger partial charge in [-0.2, -0.15) is 5.10 Å². The predicted octanol–water partition coefficient (Wildman–Crippen LogP) is 2.47. The molecule has 0 spiro atoms. The van der Waals surface area contributed by atoms with Gasteiger partial charge in [-0.3, -0.25) is 14.4 Å². The highest BCUT2D eigenvalue weighted by atomic mass is 16.5.